The fourth-order valence-corrected chi connectivity index (χ4v) is 5.24. The molecule has 5 rings (SSSR count). The molecule has 1 spiro atoms. The average molecular weight is 311 g/mol. The van der Waals surface area contributed by atoms with Gasteiger partial charge < -0.3 is 19.8 Å². The van der Waals surface area contributed by atoms with Crippen molar-refractivity contribution in [3.63, 3.8) is 0 Å². The Labute approximate surface area is 136 Å². The van der Waals surface area contributed by atoms with Crippen molar-refractivity contribution in [2.45, 2.75) is 36.5 Å². The van der Waals surface area contributed by atoms with E-state index < -0.39 is 6.10 Å². The van der Waals surface area contributed by atoms with Crippen molar-refractivity contribution in [1.29, 1.82) is 0 Å². The van der Waals surface area contributed by atoms with E-state index in [4.69, 9.17) is 4.74 Å². The van der Waals surface area contributed by atoms with Crippen molar-refractivity contribution in [2.75, 3.05) is 13.6 Å². The number of aliphatic hydroxyl groups is 1. The maximum absolute atomic E-state index is 10.4. The molecule has 2 aliphatic carbocycles. The molecule has 23 heavy (non-hydrogen) atoms. The fourth-order valence-electron chi connectivity index (χ4n) is 5.24. The second-order valence-electron chi connectivity index (χ2n) is 6.93. The van der Waals surface area contributed by atoms with E-state index >= 15 is 0 Å². The molecule has 0 amide bonds. The van der Waals surface area contributed by atoms with E-state index in [0.717, 1.165) is 19.4 Å². The van der Waals surface area contributed by atoms with Crippen molar-refractivity contribution in [2.24, 2.45) is 5.92 Å². The molecule has 1 saturated heterocycles. The Hall–Kier alpha value is -1.96. The van der Waals surface area contributed by atoms with Gasteiger partial charge in [-0.05, 0) is 38.1 Å². The SMILES string of the molecule is C#C.CN1CC[C@]23c4c5ccc(O)c4O[C@H]2[C@@H](O)C=C[C@H]3[C@H]1C5. The van der Waals surface area contributed by atoms with E-state index in [2.05, 4.69) is 30.9 Å². The van der Waals surface area contributed by atoms with Crippen molar-refractivity contribution in [3.05, 3.63) is 35.4 Å². The summed E-state index contributed by atoms with van der Waals surface area (Å²) in [5.41, 5.74) is 2.29. The summed E-state index contributed by atoms with van der Waals surface area (Å²) in [7, 11) is 2.19. The lowest BCUT2D eigenvalue weighted by Gasteiger charge is -2.56. The largest absolute Gasteiger partial charge is 0.504 e. The zero-order valence-corrected chi connectivity index (χ0v) is 13.1. The molecule has 5 atom stereocenters. The number of phenolic OH excluding ortho intramolecular Hbond substituents is 1. The number of likely N-dealkylation sites (N-methyl/N-ethyl adjacent to an activating group) is 1. The lowest BCUT2D eigenvalue weighted by Crippen LogP contribution is -2.64. The quantitative estimate of drug-likeness (QED) is 0.562. The van der Waals surface area contributed by atoms with Gasteiger partial charge in [-0.25, -0.2) is 0 Å². The van der Waals surface area contributed by atoms with E-state index in [0.29, 0.717) is 17.7 Å². The van der Waals surface area contributed by atoms with E-state index in [1.54, 1.807) is 6.07 Å². The summed E-state index contributed by atoms with van der Waals surface area (Å²) >= 11 is 0. The topological polar surface area (TPSA) is 52.9 Å². The molecule has 0 aromatic heterocycles. The molecule has 2 heterocycles. The number of hydrogen-bond acceptors (Lipinski definition) is 4. The molecule has 2 N–H and O–H groups in total. The minimum Gasteiger partial charge on any atom is -0.504 e. The van der Waals surface area contributed by atoms with E-state index in [9.17, 15) is 10.2 Å². The third-order valence-corrected chi connectivity index (χ3v) is 6.15. The van der Waals surface area contributed by atoms with Crippen LogP contribution in [0.1, 0.15) is 17.5 Å². The first-order chi connectivity index (χ1) is 11.1. The number of phenols is 1. The number of ether oxygens (including phenoxy) is 1. The molecule has 1 aromatic rings. The summed E-state index contributed by atoms with van der Waals surface area (Å²) in [4.78, 5) is 2.43. The number of terminal acetylenes is 1. The molecule has 4 heteroatoms. The monoisotopic (exact) mass is 311 g/mol. The number of aliphatic hydroxyl groups excluding tert-OH is 1. The lowest BCUT2D eigenvalue weighted by molar-refractivity contribution is -0.0453. The Morgan fingerprint density at radius 2 is 2.09 bits per heavy atom. The highest BCUT2D eigenvalue weighted by Crippen LogP contribution is 2.62. The molecule has 0 saturated carbocycles. The number of rotatable bonds is 0. The second kappa shape index (κ2) is 4.77. The maximum Gasteiger partial charge on any atom is 0.165 e. The molecule has 120 valence electrons. The summed E-state index contributed by atoms with van der Waals surface area (Å²) in [5, 5.41) is 20.6. The van der Waals surface area contributed by atoms with Crippen LogP contribution in [0, 0.1) is 18.8 Å². The van der Waals surface area contributed by atoms with Gasteiger partial charge in [0.2, 0.25) is 0 Å². The predicted octanol–water partition coefficient (Wildman–Crippen LogP) is 1.45. The molecular weight excluding hydrogens is 290 g/mol. The van der Waals surface area contributed by atoms with Crippen LogP contribution in [-0.4, -0.2) is 47.0 Å². The normalized spacial score (nSPS) is 39.0. The number of nitrogens with zero attached hydrogens (tertiary/aromatic N) is 1. The van der Waals surface area contributed by atoms with Crippen LogP contribution < -0.4 is 4.74 Å². The Morgan fingerprint density at radius 3 is 2.87 bits per heavy atom. The molecule has 2 bridgehead atoms. The first kappa shape index (κ1) is 14.6. The molecular formula is C19H21NO3. The van der Waals surface area contributed by atoms with Gasteiger partial charge in [0, 0.05) is 22.9 Å². The van der Waals surface area contributed by atoms with Gasteiger partial charge >= 0.3 is 0 Å². The van der Waals surface area contributed by atoms with Gasteiger partial charge in [-0.2, -0.15) is 0 Å². The molecule has 4 aliphatic rings. The van der Waals surface area contributed by atoms with Gasteiger partial charge in [-0.15, -0.1) is 12.8 Å². The maximum atomic E-state index is 10.4. The van der Waals surface area contributed by atoms with Crippen molar-refractivity contribution in [3.8, 4) is 24.3 Å². The van der Waals surface area contributed by atoms with E-state index in [-0.39, 0.29) is 17.3 Å². The van der Waals surface area contributed by atoms with Gasteiger partial charge in [0.25, 0.3) is 0 Å². The van der Waals surface area contributed by atoms with E-state index in [1.807, 2.05) is 12.1 Å². The van der Waals surface area contributed by atoms with Crippen molar-refractivity contribution < 1.29 is 14.9 Å². The Morgan fingerprint density at radius 1 is 1.30 bits per heavy atom. The zero-order valence-electron chi connectivity index (χ0n) is 13.1. The van der Waals surface area contributed by atoms with Crippen LogP contribution in [0.2, 0.25) is 0 Å². The van der Waals surface area contributed by atoms with Gasteiger partial charge in [-0.3, -0.25) is 0 Å². The van der Waals surface area contributed by atoms with Crippen LogP contribution in [0.5, 0.6) is 11.5 Å². The van der Waals surface area contributed by atoms with Crippen LogP contribution in [0.25, 0.3) is 0 Å². The highest BCUT2D eigenvalue weighted by molar-refractivity contribution is 5.61. The Balaban J connectivity index is 0.000000652. The van der Waals surface area contributed by atoms with Crippen molar-refractivity contribution >= 4 is 0 Å². The van der Waals surface area contributed by atoms with Crippen LogP contribution in [0.15, 0.2) is 24.3 Å². The minimum atomic E-state index is -0.594. The Bertz CT molecular complexity index is 710. The average Bonchev–Trinajstić information content (AvgIpc) is 2.92. The minimum absolute atomic E-state index is 0.160. The summed E-state index contributed by atoms with van der Waals surface area (Å²) < 4.78 is 6.09. The third-order valence-electron chi connectivity index (χ3n) is 6.15. The lowest BCUT2D eigenvalue weighted by atomic mass is 9.53. The predicted molar refractivity (Wildman–Crippen MR) is 87.5 cm³/mol. The van der Waals surface area contributed by atoms with Crippen LogP contribution in [0.3, 0.4) is 0 Å². The smallest absolute Gasteiger partial charge is 0.165 e. The van der Waals surface area contributed by atoms with Gasteiger partial charge in [0.15, 0.2) is 11.5 Å². The summed E-state index contributed by atoms with van der Waals surface area (Å²) in [5.74, 6) is 1.19. The summed E-state index contributed by atoms with van der Waals surface area (Å²) in [6.45, 7) is 1.01. The molecule has 1 aromatic carbocycles. The highest BCUT2D eigenvalue weighted by Gasteiger charge is 2.64. The van der Waals surface area contributed by atoms with Crippen LogP contribution in [0.4, 0.5) is 0 Å². The van der Waals surface area contributed by atoms with Crippen LogP contribution in [-0.2, 0) is 11.8 Å². The van der Waals surface area contributed by atoms with Gasteiger partial charge in [0.1, 0.15) is 12.2 Å². The summed E-state index contributed by atoms with van der Waals surface area (Å²) in [6.07, 6.45) is 13.2. The Kier molecular flexibility index (Phi) is 3.03. The fraction of sp³-hybridized carbons (Fsp3) is 0.474. The second-order valence-corrected chi connectivity index (χ2v) is 6.93. The highest BCUT2D eigenvalue weighted by atomic mass is 16.5. The van der Waals surface area contributed by atoms with Gasteiger partial charge in [0.05, 0.1) is 0 Å². The third kappa shape index (κ3) is 1.59. The molecule has 0 radical (unpaired) electrons. The number of benzene rings is 1. The molecule has 0 unspecified atom stereocenters. The number of hydrogen-bond donors (Lipinski definition) is 2. The molecule has 2 aliphatic heterocycles. The first-order valence-corrected chi connectivity index (χ1v) is 8.05. The standard InChI is InChI=1S/C17H19NO3.C2H2/c1-18-7-6-17-10-3-5-13(20)16(17)21-15-12(19)4-2-9(14(15)17)8-11(10)18;1-2/h2-5,10-11,13,16,19-20H,6-8H2,1H3;1-2H/t10-,11+,13-,16-,17-;/m0./s1. The van der Waals surface area contributed by atoms with E-state index in [1.165, 1.54) is 11.1 Å². The zero-order chi connectivity index (χ0) is 16.4. The number of piperidine rings is 1. The molecule has 4 nitrogen and oxygen atoms in total. The van der Waals surface area contributed by atoms with Gasteiger partial charge in [-0.1, -0.05) is 18.2 Å². The number of likely N-dealkylation sites (tertiary alicyclic amines) is 1. The number of aromatic hydroxyl groups is 1. The summed E-state index contributed by atoms with van der Waals surface area (Å²) in [6, 6.07) is 4.23. The van der Waals surface area contributed by atoms with Crippen molar-refractivity contribution in [1.82, 2.24) is 4.90 Å². The van der Waals surface area contributed by atoms with Crippen LogP contribution >= 0.6 is 0 Å². The molecule has 1 fully saturated rings. The first-order valence-electron chi connectivity index (χ1n) is 8.05.